The Balaban J connectivity index is 2.12. The first-order valence-corrected chi connectivity index (χ1v) is 11.6. The molecule has 0 aliphatic heterocycles. The quantitative estimate of drug-likeness (QED) is 0.136. The number of nitriles is 1. The Labute approximate surface area is 212 Å². The lowest BCUT2D eigenvalue weighted by Crippen LogP contribution is -2.30. The van der Waals surface area contributed by atoms with Crippen LogP contribution in [0.5, 0.6) is 0 Å². The first-order valence-electron chi connectivity index (χ1n) is 11.6. The molecule has 3 aromatic heterocycles. The average Bonchev–Trinajstić information content (AvgIpc) is 2.87. The molecule has 11 nitrogen and oxygen atoms in total. The van der Waals surface area contributed by atoms with Crippen LogP contribution >= 0.6 is 0 Å². The van der Waals surface area contributed by atoms with Gasteiger partial charge >= 0.3 is 0 Å². The van der Waals surface area contributed by atoms with Gasteiger partial charge in [0, 0.05) is 44.0 Å². The van der Waals surface area contributed by atoms with E-state index in [0.29, 0.717) is 37.5 Å². The molecular formula is C26H26N6O5. The lowest BCUT2D eigenvalue weighted by molar-refractivity contribution is -0.420. The van der Waals surface area contributed by atoms with Crippen LogP contribution in [0.2, 0.25) is 0 Å². The first kappa shape index (κ1) is 26.9. The summed E-state index contributed by atoms with van der Waals surface area (Å²) >= 11 is 0. The molecule has 37 heavy (non-hydrogen) atoms. The third-order valence-corrected chi connectivity index (χ3v) is 5.33. The Hall–Kier alpha value is -4.69. The van der Waals surface area contributed by atoms with Crippen molar-refractivity contribution in [3.63, 3.8) is 0 Å². The van der Waals surface area contributed by atoms with Gasteiger partial charge in [0.1, 0.15) is 17.4 Å². The Morgan fingerprint density at radius 3 is 2.86 bits per heavy atom. The van der Waals surface area contributed by atoms with Crippen molar-refractivity contribution in [2.45, 2.75) is 33.2 Å². The molecule has 0 spiro atoms. The number of hydrogen-bond donors (Lipinski definition) is 0. The van der Waals surface area contributed by atoms with Crippen LogP contribution in [0.25, 0.3) is 16.7 Å². The number of fused-ring (bicyclic) bond motifs is 2. The SMILES string of the molecule is C=C(C)/C(=C\C=C\CC(=O)N=c1c(C#N)cc2c(=O)n3ccccc3nc2n1CCCOCC)[N+](=O)[O-]. The second kappa shape index (κ2) is 12.3. The van der Waals surface area contributed by atoms with Gasteiger partial charge in [0.2, 0.25) is 0 Å². The monoisotopic (exact) mass is 502 g/mol. The summed E-state index contributed by atoms with van der Waals surface area (Å²) in [6.45, 7) is 8.22. The van der Waals surface area contributed by atoms with Gasteiger partial charge in [-0.25, -0.2) is 4.98 Å². The summed E-state index contributed by atoms with van der Waals surface area (Å²) < 4.78 is 8.41. The molecule has 0 bridgehead atoms. The van der Waals surface area contributed by atoms with Crippen LogP contribution in [0.15, 0.2) is 76.3 Å². The highest BCUT2D eigenvalue weighted by Crippen LogP contribution is 2.11. The van der Waals surface area contributed by atoms with Gasteiger partial charge < -0.3 is 9.30 Å². The maximum Gasteiger partial charge on any atom is 0.271 e. The lowest BCUT2D eigenvalue weighted by atomic mass is 10.2. The summed E-state index contributed by atoms with van der Waals surface area (Å²) in [7, 11) is 0. The van der Waals surface area contributed by atoms with E-state index in [1.54, 1.807) is 29.0 Å². The van der Waals surface area contributed by atoms with Crippen molar-refractivity contribution >= 4 is 22.6 Å². The van der Waals surface area contributed by atoms with E-state index < -0.39 is 10.8 Å². The van der Waals surface area contributed by atoms with E-state index >= 15 is 0 Å². The number of aromatic nitrogens is 3. The summed E-state index contributed by atoms with van der Waals surface area (Å²) in [6, 6.07) is 8.57. The van der Waals surface area contributed by atoms with E-state index in [-0.39, 0.29) is 39.7 Å². The highest BCUT2D eigenvalue weighted by molar-refractivity contribution is 5.80. The number of nitrogens with zero attached hydrogens (tertiary/aromatic N) is 6. The number of carbonyl (C=O) groups excluding carboxylic acids is 1. The molecule has 3 heterocycles. The molecule has 0 unspecified atom stereocenters. The van der Waals surface area contributed by atoms with Crippen LogP contribution in [0, 0.1) is 21.4 Å². The number of ether oxygens (including phenoxy) is 1. The van der Waals surface area contributed by atoms with Crippen LogP contribution in [0.1, 0.15) is 32.3 Å². The van der Waals surface area contributed by atoms with Gasteiger partial charge in [-0.2, -0.15) is 10.3 Å². The minimum atomic E-state index is -0.574. The molecule has 0 aromatic carbocycles. The molecule has 0 saturated carbocycles. The fourth-order valence-electron chi connectivity index (χ4n) is 3.61. The van der Waals surface area contributed by atoms with Crippen molar-refractivity contribution in [3.8, 4) is 6.07 Å². The fraction of sp³-hybridized carbons (Fsp3) is 0.269. The molecule has 0 aliphatic rings. The average molecular weight is 503 g/mol. The fourth-order valence-corrected chi connectivity index (χ4v) is 3.61. The maximum atomic E-state index is 13.2. The standard InChI is InChI=1S/C26H26N6O5/c1-4-37-15-9-14-31-24(29-23(33)12-6-5-10-21(18(2)3)32(35)36)19(17-27)16-20-25(31)28-22-11-7-8-13-30(22)26(20)34/h5-8,10-11,13,16H,2,4,9,12,14-15H2,1,3H3/b6-5+,21-10+,29-24?. The van der Waals surface area contributed by atoms with Crippen LogP contribution in [-0.4, -0.2) is 38.0 Å². The number of rotatable bonds is 10. The molecule has 0 saturated heterocycles. The molecule has 0 aliphatic carbocycles. The molecule has 1 amide bonds. The van der Waals surface area contributed by atoms with Gasteiger partial charge in [0.25, 0.3) is 17.2 Å². The van der Waals surface area contributed by atoms with Gasteiger partial charge in [-0.3, -0.25) is 24.1 Å². The van der Waals surface area contributed by atoms with Crippen LogP contribution in [0.4, 0.5) is 0 Å². The normalized spacial score (nSPS) is 12.4. The summed E-state index contributed by atoms with van der Waals surface area (Å²) in [5.74, 6) is -0.574. The van der Waals surface area contributed by atoms with Crippen molar-refractivity contribution in [1.29, 1.82) is 5.26 Å². The topological polar surface area (TPSA) is 145 Å². The summed E-state index contributed by atoms with van der Waals surface area (Å²) in [5.41, 5.74) is 0.614. The summed E-state index contributed by atoms with van der Waals surface area (Å²) in [6.07, 6.45) is 6.04. The number of amides is 1. The summed E-state index contributed by atoms with van der Waals surface area (Å²) in [4.78, 5) is 45.1. The molecule has 190 valence electrons. The summed E-state index contributed by atoms with van der Waals surface area (Å²) in [5, 5.41) is 21.1. The Kier molecular flexibility index (Phi) is 8.96. The van der Waals surface area contributed by atoms with Crippen molar-refractivity contribution in [3.05, 3.63) is 98.1 Å². The molecular weight excluding hydrogens is 476 g/mol. The predicted molar refractivity (Wildman–Crippen MR) is 137 cm³/mol. The molecule has 11 heteroatoms. The van der Waals surface area contributed by atoms with E-state index in [0.717, 1.165) is 0 Å². The predicted octanol–water partition coefficient (Wildman–Crippen LogP) is 3.06. The zero-order valence-corrected chi connectivity index (χ0v) is 20.6. The minimum absolute atomic E-state index is 0.0498. The first-order chi connectivity index (χ1) is 17.8. The van der Waals surface area contributed by atoms with Gasteiger partial charge in [0.15, 0.2) is 5.49 Å². The van der Waals surface area contributed by atoms with Crippen molar-refractivity contribution in [2.75, 3.05) is 13.2 Å². The third kappa shape index (κ3) is 6.31. The van der Waals surface area contributed by atoms with Crippen LogP contribution in [-0.2, 0) is 16.1 Å². The van der Waals surface area contributed by atoms with E-state index in [1.807, 2.05) is 13.0 Å². The lowest BCUT2D eigenvalue weighted by Gasteiger charge is -2.13. The Morgan fingerprint density at radius 1 is 1.41 bits per heavy atom. The molecule has 0 radical (unpaired) electrons. The third-order valence-electron chi connectivity index (χ3n) is 5.33. The van der Waals surface area contributed by atoms with Gasteiger partial charge in [-0.15, -0.1) is 0 Å². The van der Waals surface area contributed by atoms with Gasteiger partial charge in [0.05, 0.1) is 15.9 Å². The molecule has 3 rings (SSSR count). The zero-order valence-electron chi connectivity index (χ0n) is 20.6. The van der Waals surface area contributed by atoms with E-state index in [2.05, 4.69) is 16.6 Å². The maximum absolute atomic E-state index is 13.2. The Morgan fingerprint density at radius 2 is 2.19 bits per heavy atom. The second-order valence-corrected chi connectivity index (χ2v) is 8.01. The number of allylic oxidation sites excluding steroid dienone is 3. The minimum Gasteiger partial charge on any atom is -0.382 e. The van der Waals surface area contributed by atoms with Crippen LogP contribution < -0.4 is 11.0 Å². The molecule has 3 aromatic rings. The number of nitro groups is 1. The molecule has 0 atom stereocenters. The van der Waals surface area contributed by atoms with Crippen LogP contribution in [0.3, 0.4) is 0 Å². The van der Waals surface area contributed by atoms with Gasteiger partial charge in [-0.1, -0.05) is 24.8 Å². The van der Waals surface area contributed by atoms with E-state index in [4.69, 9.17) is 4.74 Å². The largest absolute Gasteiger partial charge is 0.382 e. The number of aryl methyl sites for hydroxylation is 1. The zero-order chi connectivity index (χ0) is 26.9. The highest BCUT2D eigenvalue weighted by Gasteiger charge is 2.15. The van der Waals surface area contributed by atoms with Crippen molar-refractivity contribution in [1.82, 2.24) is 14.0 Å². The second-order valence-electron chi connectivity index (χ2n) is 8.01. The molecule has 0 fully saturated rings. The van der Waals surface area contributed by atoms with Crippen molar-refractivity contribution in [2.24, 2.45) is 4.99 Å². The van der Waals surface area contributed by atoms with E-state index in [1.165, 1.54) is 35.6 Å². The van der Waals surface area contributed by atoms with Gasteiger partial charge in [-0.05, 0) is 38.5 Å². The smallest absolute Gasteiger partial charge is 0.271 e. The van der Waals surface area contributed by atoms with Crippen molar-refractivity contribution < 1.29 is 14.5 Å². The number of carbonyl (C=O) groups is 1. The number of pyridine rings is 2. The molecule has 0 N–H and O–H groups in total. The van der Waals surface area contributed by atoms with E-state index in [9.17, 15) is 25.0 Å². The number of hydrogen-bond acceptors (Lipinski definition) is 7. The Bertz CT molecular complexity index is 1590. The highest BCUT2D eigenvalue weighted by atomic mass is 16.6.